The number of ether oxygens (including phenoxy) is 1. The van der Waals surface area contributed by atoms with Gasteiger partial charge in [-0.2, -0.15) is 0 Å². The molecule has 0 atom stereocenters. The van der Waals surface area contributed by atoms with Crippen LogP contribution in [-0.2, 0) is 14.3 Å². The van der Waals surface area contributed by atoms with Crippen LogP contribution < -0.4 is 5.32 Å². The van der Waals surface area contributed by atoms with Crippen molar-refractivity contribution in [2.45, 2.75) is 45.4 Å². The number of aryl methyl sites for hydroxylation is 1. The summed E-state index contributed by atoms with van der Waals surface area (Å²) in [7, 11) is 0. The third-order valence-electron chi connectivity index (χ3n) is 5.56. The Kier molecular flexibility index (Phi) is 6.20. The number of nitrogens with zero attached hydrogens (tertiary/aromatic N) is 1. The van der Waals surface area contributed by atoms with E-state index in [1.54, 1.807) is 6.07 Å². The van der Waals surface area contributed by atoms with Crippen molar-refractivity contribution in [3.8, 4) is 0 Å². The van der Waals surface area contributed by atoms with Gasteiger partial charge in [-0.25, -0.2) is 0 Å². The summed E-state index contributed by atoms with van der Waals surface area (Å²) in [5.41, 5.74) is 1.51. The topological polar surface area (TPSA) is 58.6 Å². The van der Waals surface area contributed by atoms with Crippen molar-refractivity contribution in [2.75, 3.05) is 31.6 Å². The zero-order valence-corrected chi connectivity index (χ0v) is 16.1. The van der Waals surface area contributed by atoms with Gasteiger partial charge in [0.2, 0.25) is 11.8 Å². The number of carbonyl (C=O) groups excluding carboxylic acids is 2. The number of carbonyl (C=O) groups is 2. The molecule has 0 unspecified atom stereocenters. The SMILES string of the molecule is Cc1ccc(Cl)cc1NC(=O)CC1(CC(=O)N2CCOCC2)CCCC1. The maximum Gasteiger partial charge on any atom is 0.224 e. The van der Waals surface area contributed by atoms with Crippen LogP contribution >= 0.6 is 11.6 Å². The molecule has 5 nitrogen and oxygen atoms in total. The molecule has 2 aliphatic rings. The Balaban J connectivity index is 1.64. The van der Waals surface area contributed by atoms with E-state index in [2.05, 4.69) is 5.32 Å². The zero-order valence-electron chi connectivity index (χ0n) is 15.4. The van der Waals surface area contributed by atoms with E-state index in [1.165, 1.54) is 0 Å². The van der Waals surface area contributed by atoms with Gasteiger partial charge in [-0.15, -0.1) is 0 Å². The molecule has 2 fully saturated rings. The second-order valence-electron chi connectivity index (χ2n) is 7.56. The minimum atomic E-state index is -0.216. The maximum absolute atomic E-state index is 12.7. The van der Waals surface area contributed by atoms with Gasteiger partial charge in [0.25, 0.3) is 0 Å². The van der Waals surface area contributed by atoms with Gasteiger partial charge >= 0.3 is 0 Å². The fraction of sp³-hybridized carbons (Fsp3) is 0.600. The maximum atomic E-state index is 12.7. The fourth-order valence-corrected chi connectivity index (χ4v) is 4.22. The third kappa shape index (κ3) is 4.77. The first-order valence-corrected chi connectivity index (χ1v) is 9.77. The predicted octanol–water partition coefficient (Wildman–Crippen LogP) is 3.79. The van der Waals surface area contributed by atoms with E-state index in [9.17, 15) is 9.59 Å². The molecule has 0 radical (unpaired) electrons. The Hall–Kier alpha value is -1.59. The second-order valence-corrected chi connectivity index (χ2v) is 8.00. The lowest BCUT2D eigenvalue weighted by Crippen LogP contribution is -2.43. The largest absolute Gasteiger partial charge is 0.378 e. The van der Waals surface area contributed by atoms with Crippen LogP contribution in [0, 0.1) is 12.3 Å². The van der Waals surface area contributed by atoms with Gasteiger partial charge in [-0.1, -0.05) is 30.5 Å². The summed E-state index contributed by atoms with van der Waals surface area (Å²) in [6, 6.07) is 5.48. The Morgan fingerprint density at radius 2 is 1.88 bits per heavy atom. The van der Waals surface area contributed by atoms with Gasteiger partial charge in [-0.3, -0.25) is 9.59 Å². The number of hydrogen-bond acceptors (Lipinski definition) is 3. The van der Waals surface area contributed by atoms with Crippen molar-refractivity contribution in [3.05, 3.63) is 28.8 Å². The summed E-state index contributed by atoms with van der Waals surface area (Å²) in [5.74, 6) is 0.119. The van der Waals surface area contributed by atoms with Gasteiger partial charge in [0.15, 0.2) is 0 Å². The first kappa shape index (κ1) is 19.2. The van der Waals surface area contributed by atoms with E-state index in [4.69, 9.17) is 16.3 Å². The molecule has 1 aromatic rings. The summed E-state index contributed by atoms with van der Waals surface area (Å²) in [4.78, 5) is 27.3. The van der Waals surface area contributed by atoms with Crippen LogP contribution in [0.5, 0.6) is 0 Å². The molecule has 0 aromatic heterocycles. The van der Waals surface area contributed by atoms with Crippen LogP contribution in [0.1, 0.15) is 44.1 Å². The Morgan fingerprint density at radius 3 is 2.58 bits per heavy atom. The van der Waals surface area contributed by atoms with Crippen molar-refractivity contribution in [2.24, 2.45) is 5.41 Å². The molecule has 3 rings (SSSR count). The molecule has 1 saturated heterocycles. The highest BCUT2D eigenvalue weighted by atomic mass is 35.5. The molecule has 1 heterocycles. The highest BCUT2D eigenvalue weighted by Gasteiger charge is 2.39. The second kappa shape index (κ2) is 8.40. The molecule has 1 saturated carbocycles. The Bertz CT molecular complexity index is 665. The van der Waals surface area contributed by atoms with Crippen molar-refractivity contribution >= 4 is 29.1 Å². The third-order valence-corrected chi connectivity index (χ3v) is 5.80. The number of anilines is 1. The summed E-state index contributed by atoms with van der Waals surface area (Å²) in [6.07, 6.45) is 4.87. The molecule has 142 valence electrons. The lowest BCUT2D eigenvalue weighted by Gasteiger charge is -2.33. The van der Waals surface area contributed by atoms with E-state index < -0.39 is 0 Å². The van der Waals surface area contributed by atoms with Crippen LogP contribution in [0.15, 0.2) is 18.2 Å². The predicted molar refractivity (Wildman–Crippen MR) is 102 cm³/mol. The Labute approximate surface area is 160 Å². The van der Waals surface area contributed by atoms with Crippen LogP contribution in [0.25, 0.3) is 0 Å². The van der Waals surface area contributed by atoms with Crippen molar-refractivity contribution in [1.82, 2.24) is 4.90 Å². The van der Waals surface area contributed by atoms with Crippen molar-refractivity contribution in [1.29, 1.82) is 0 Å². The van der Waals surface area contributed by atoms with Gasteiger partial charge in [0.1, 0.15) is 0 Å². The summed E-state index contributed by atoms with van der Waals surface area (Å²) in [5, 5.41) is 3.59. The number of benzene rings is 1. The number of amides is 2. The summed E-state index contributed by atoms with van der Waals surface area (Å²) >= 11 is 6.04. The highest BCUT2D eigenvalue weighted by molar-refractivity contribution is 6.31. The average molecular weight is 379 g/mol. The molecule has 1 N–H and O–H groups in total. The van der Waals surface area contributed by atoms with Crippen LogP contribution in [0.2, 0.25) is 5.02 Å². The molecule has 1 aliphatic heterocycles. The normalized spacial score (nSPS) is 19.4. The number of rotatable bonds is 5. The molecule has 2 amide bonds. The summed E-state index contributed by atoms with van der Waals surface area (Å²) in [6.45, 7) is 4.46. The molecule has 1 aliphatic carbocycles. The van der Waals surface area contributed by atoms with Crippen LogP contribution in [0.3, 0.4) is 0 Å². The standard InChI is InChI=1S/C20H27ClN2O3/c1-15-4-5-16(21)12-17(15)22-18(24)13-20(6-2-3-7-20)14-19(25)23-8-10-26-11-9-23/h4-5,12H,2-3,6-11,13-14H2,1H3,(H,22,24). The zero-order chi connectivity index (χ0) is 18.6. The minimum absolute atomic E-state index is 0.0351. The van der Waals surface area contributed by atoms with Crippen LogP contribution in [-0.4, -0.2) is 43.0 Å². The van der Waals surface area contributed by atoms with E-state index in [0.29, 0.717) is 44.2 Å². The van der Waals surface area contributed by atoms with E-state index in [1.807, 2.05) is 24.0 Å². The molecule has 1 aromatic carbocycles. The lowest BCUT2D eigenvalue weighted by molar-refractivity contribution is -0.138. The molecule has 26 heavy (non-hydrogen) atoms. The van der Waals surface area contributed by atoms with Crippen LogP contribution in [0.4, 0.5) is 5.69 Å². The van der Waals surface area contributed by atoms with Gasteiger partial charge in [0, 0.05) is 36.6 Å². The average Bonchev–Trinajstić information content (AvgIpc) is 3.06. The lowest BCUT2D eigenvalue weighted by atomic mass is 9.78. The molecular weight excluding hydrogens is 352 g/mol. The van der Waals surface area contributed by atoms with E-state index in [-0.39, 0.29) is 17.2 Å². The molecular formula is C20H27ClN2O3. The number of morpholine rings is 1. The number of hydrogen-bond donors (Lipinski definition) is 1. The Morgan fingerprint density at radius 1 is 1.19 bits per heavy atom. The first-order valence-electron chi connectivity index (χ1n) is 9.39. The monoisotopic (exact) mass is 378 g/mol. The number of halogens is 1. The fourth-order valence-electron chi connectivity index (χ4n) is 4.05. The first-order chi connectivity index (χ1) is 12.5. The van der Waals surface area contributed by atoms with E-state index in [0.717, 1.165) is 36.9 Å². The molecule has 6 heteroatoms. The quantitative estimate of drug-likeness (QED) is 0.848. The minimum Gasteiger partial charge on any atom is -0.378 e. The van der Waals surface area contributed by atoms with Crippen molar-refractivity contribution in [3.63, 3.8) is 0 Å². The summed E-state index contributed by atoms with van der Waals surface area (Å²) < 4.78 is 5.33. The van der Waals surface area contributed by atoms with Crippen molar-refractivity contribution < 1.29 is 14.3 Å². The van der Waals surface area contributed by atoms with Gasteiger partial charge in [0.05, 0.1) is 13.2 Å². The molecule has 0 spiro atoms. The molecule has 0 bridgehead atoms. The van der Waals surface area contributed by atoms with Gasteiger partial charge in [-0.05, 0) is 42.9 Å². The smallest absolute Gasteiger partial charge is 0.224 e. The number of nitrogens with one attached hydrogen (secondary N) is 1. The van der Waals surface area contributed by atoms with E-state index >= 15 is 0 Å². The highest BCUT2D eigenvalue weighted by Crippen LogP contribution is 2.44. The van der Waals surface area contributed by atoms with Gasteiger partial charge < -0.3 is 15.0 Å².